The second-order valence-electron chi connectivity index (χ2n) is 17.9. The van der Waals surface area contributed by atoms with Gasteiger partial charge in [0.1, 0.15) is 28.9 Å². The van der Waals surface area contributed by atoms with Crippen LogP contribution in [0.15, 0.2) is 40.9 Å². The van der Waals surface area contributed by atoms with E-state index in [0.29, 0.717) is 40.7 Å². The minimum Gasteiger partial charge on any atom is -0.496 e. The summed E-state index contributed by atoms with van der Waals surface area (Å²) in [4.78, 5) is 1.40. The predicted octanol–water partition coefficient (Wildman–Crippen LogP) is 14.8. The Bertz CT molecular complexity index is 1610. The summed E-state index contributed by atoms with van der Waals surface area (Å²) in [6.45, 7) is 37.7. The highest BCUT2D eigenvalue weighted by molar-refractivity contribution is 7.05. The number of aromatic nitrogens is 2. The molecule has 2 heterocycles. The van der Waals surface area contributed by atoms with Crippen molar-refractivity contribution in [2.45, 2.75) is 171 Å². The minimum atomic E-state index is -0.454. The van der Waals surface area contributed by atoms with Crippen LogP contribution in [0.4, 0.5) is 8.78 Å². The first-order valence-electron chi connectivity index (χ1n) is 19.4. The Hall–Kier alpha value is -3.26. The van der Waals surface area contributed by atoms with Gasteiger partial charge in [0.05, 0.1) is 25.6 Å². The topological polar surface area (TPSA) is 57.4 Å². The van der Waals surface area contributed by atoms with Gasteiger partial charge in [-0.05, 0) is 86.8 Å². The van der Waals surface area contributed by atoms with Crippen molar-refractivity contribution in [2.24, 2.45) is 0 Å². The van der Waals surface area contributed by atoms with E-state index in [1.54, 1.807) is 31.8 Å². The van der Waals surface area contributed by atoms with Crippen LogP contribution in [-0.4, -0.2) is 23.7 Å². The van der Waals surface area contributed by atoms with E-state index in [2.05, 4.69) is 112 Å². The van der Waals surface area contributed by atoms with Gasteiger partial charge in [-0.1, -0.05) is 130 Å². The molecule has 0 spiro atoms. The molecule has 2 aromatic heterocycles. The fourth-order valence-electron chi connectivity index (χ4n) is 5.24. The van der Waals surface area contributed by atoms with Crippen LogP contribution in [0.2, 0.25) is 0 Å². The fraction of sp³-hybridized carbons (Fsp3) is 0.609. The lowest BCUT2D eigenvalue weighted by atomic mass is 9.83. The Morgan fingerprint density at radius 2 is 1.04 bits per heavy atom. The molecule has 0 radical (unpaired) electrons. The van der Waals surface area contributed by atoms with Crippen molar-refractivity contribution in [3.05, 3.63) is 92.3 Å². The van der Waals surface area contributed by atoms with E-state index in [1.165, 1.54) is 21.7 Å². The number of rotatable bonds is 8. The third-order valence-corrected chi connectivity index (χ3v) is 10.0. The van der Waals surface area contributed by atoms with E-state index in [-0.39, 0.29) is 16.7 Å². The number of nitrogens with zero attached hydrogens (tertiary/aromatic N) is 2. The van der Waals surface area contributed by atoms with Crippen LogP contribution >= 0.6 is 11.5 Å². The molecule has 0 saturated carbocycles. The molecule has 0 aliphatic carbocycles. The van der Waals surface area contributed by atoms with Gasteiger partial charge in [-0.2, -0.15) is 4.37 Å². The fourth-order valence-corrected chi connectivity index (χ4v) is 6.10. The Morgan fingerprint density at radius 3 is 1.37 bits per heavy atom. The van der Waals surface area contributed by atoms with E-state index in [1.807, 2.05) is 46.8 Å². The third kappa shape index (κ3) is 14.8. The van der Waals surface area contributed by atoms with Crippen molar-refractivity contribution in [3.8, 4) is 11.5 Å². The highest BCUT2D eigenvalue weighted by Crippen LogP contribution is 2.39. The number of ether oxygens (including phenoxy) is 2. The molecule has 0 saturated heterocycles. The Morgan fingerprint density at radius 1 is 0.537 bits per heavy atom. The lowest BCUT2D eigenvalue weighted by molar-refractivity contribution is 0.363. The molecule has 54 heavy (non-hydrogen) atoms. The maximum Gasteiger partial charge on any atom is 0.139 e. The first-order valence-corrected chi connectivity index (χ1v) is 20.2. The summed E-state index contributed by atoms with van der Waals surface area (Å²) in [6, 6.07) is 11.1. The molecular formula is C46H72F2N2O3S. The van der Waals surface area contributed by atoms with E-state index in [9.17, 15) is 8.78 Å². The summed E-state index contributed by atoms with van der Waals surface area (Å²) in [5.41, 5.74) is 5.69. The highest BCUT2D eigenvalue weighted by Gasteiger charge is 2.23. The first-order chi connectivity index (χ1) is 24.8. The zero-order chi connectivity index (χ0) is 41.9. The molecule has 0 amide bonds. The second kappa shape index (κ2) is 21.2. The smallest absolute Gasteiger partial charge is 0.139 e. The maximum atomic E-state index is 13.5. The molecule has 0 unspecified atom stereocenters. The normalized spacial score (nSPS) is 11.8. The average Bonchev–Trinajstić information content (AvgIpc) is 3.76. The molecule has 0 bridgehead atoms. The molecule has 0 atom stereocenters. The largest absolute Gasteiger partial charge is 0.496 e. The standard InChI is InChI=1S/C15H24O2.C13H18F2.C9H15NO.C9H15NS/c1-10(2)11-8-12(15(3,4)5)14(17-7)9-13(11)16-6;1-8(2)9-6-10(13(3,4)5)12(15)7-11(9)14;2*1-6(2)8-5-9(7(3)4)11-10-8/h8-10H,1-7H3;6-8H,1-5H3;2*5-7H,1-4H3. The molecule has 304 valence electrons. The van der Waals surface area contributed by atoms with Crippen LogP contribution < -0.4 is 9.47 Å². The first kappa shape index (κ1) is 48.8. The zero-order valence-corrected chi connectivity index (χ0v) is 38.0. The lowest BCUT2D eigenvalue weighted by Gasteiger charge is -2.25. The summed E-state index contributed by atoms with van der Waals surface area (Å²) in [5.74, 6) is 4.50. The molecule has 8 heteroatoms. The zero-order valence-electron chi connectivity index (χ0n) is 37.2. The van der Waals surface area contributed by atoms with Crippen molar-refractivity contribution < 1.29 is 22.8 Å². The molecule has 0 aliphatic rings. The van der Waals surface area contributed by atoms with Gasteiger partial charge in [-0.25, -0.2) is 8.78 Å². The van der Waals surface area contributed by atoms with Gasteiger partial charge in [0.2, 0.25) is 0 Å². The number of halogens is 2. The third-order valence-electron chi connectivity index (χ3n) is 8.91. The van der Waals surface area contributed by atoms with Gasteiger partial charge in [0, 0.05) is 34.6 Å². The molecular weight excluding hydrogens is 699 g/mol. The van der Waals surface area contributed by atoms with Crippen molar-refractivity contribution in [3.63, 3.8) is 0 Å². The predicted molar refractivity (Wildman–Crippen MR) is 226 cm³/mol. The van der Waals surface area contributed by atoms with Crippen molar-refractivity contribution in [2.75, 3.05) is 14.2 Å². The maximum absolute atomic E-state index is 13.5. The summed E-state index contributed by atoms with van der Waals surface area (Å²) in [6.07, 6.45) is 0. The van der Waals surface area contributed by atoms with E-state index < -0.39 is 11.6 Å². The number of hydrogen-bond acceptors (Lipinski definition) is 6. The molecule has 0 aliphatic heterocycles. The molecule has 2 aromatic carbocycles. The lowest BCUT2D eigenvalue weighted by Crippen LogP contribution is -2.15. The SMILES string of the molecule is CC(C)c1cc(C(C)(C)C)c(F)cc1F.CC(C)c1cc(C(C)C)on1.CC(C)c1cc(C(C)C)sn1.COc1cc(OC)c(C(C)(C)C)cc1C(C)C. The number of methoxy groups -OCH3 is 2. The van der Waals surface area contributed by atoms with E-state index >= 15 is 0 Å². The summed E-state index contributed by atoms with van der Waals surface area (Å²) in [5, 5.41) is 3.96. The van der Waals surface area contributed by atoms with Crippen LogP contribution in [0.5, 0.6) is 11.5 Å². The van der Waals surface area contributed by atoms with Crippen molar-refractivity contribution >= 4 is 11.5 Å². The number of benzene rings is 2. The molecule has 0 fully saturated rings. The van der Waals surface area contributed by atoms with Gasteiger partial charge in [0.15, 0.2) is 0 Å². The molecule has 0 N–H and O–H groups in total. The summed E-state index contributed by atoms with van der Waals surface area (Å²) in [7, 11) is 3.41. The van der Waals surface area contributed by atoms with Crippen LogP contribution in [0, 0.1) is 11.6 Å². The highest BCUT2D eigenvalue weighted by atomic mass is 32.1. The van der Waals surface area contributed by atoms with E-state index in [4.69, 9.17) is 14.0 Å². The van der Waals surface area contributed by atoms with Crippen LogP contribution in [0.1, 0.15) is 204 Å². The molecule has 4 rings (SSSR count). The van der Waals surface area contributed by atoms with Crippen LogP contribution in [0.25, 0.3) is 0 Å². The van der Waals surface area contributed by atoms with Crippen LogP contribution in [0.3, 0.4) is 0 Å². The van der Waals surface area contributed by atoms with Crippen molar-refractivity contribution in [1.82, 2.24) is 9.53 Å². The quantitative estimate of drug-likeness (QED) is 0.179. The second-order valence-corrected chi connectivity index (χ2v) is 18.7. The summed E-state index contributed by atoms with van der Waals surface area (Å²) < 4.78 is 47.4. The Balaban J connectivity index is 0.000000366. The van der Waals surface area contributed by atoms with Gasteiger partial charge >= 0.3 is 0 Å². The van der Waals surface area contributed by atoms with Crippen molar-refractivity contribution in [1.29, 1.82) is 0 Å². The van der Waals surface area contributed by atoms with Gasteiger partial charge in [-0.15, -0.1) is 0 Å². The molecule has 5 nitrogen and oxygen atoms in total. The minimum absolute atomic E-state index is 0.0707. The van der Waals surface area contributed by atoms with Crippen LogP contribution in [-0.2, 0) is 10.8 Å². The Kier molecular flexibility index (Phi) is 19.1. The Labute approximate surface area is 331 Å². The monoisotopic (exact) mass is 771 g/mol. The van der Waals surface area contributed by atoms with Gasteiger partial charge < -0.3 is 14.0 Å². The van der Waals surface area contributed by atoms with Gasteiger partial charge in [0.25, 0.3) is 0 Å². The summed E-state index contributed by atoms with van der Waals surface area (Å²) >= 11 is 1.64. The van der Waals surface area contributed by atoms with Gasteiger partial charge in [-0.3, -0.25) is 0 Å². The van der Waals surface area contributed by atoms with E-state index in [0.717, 1.165) is 29.0 Å². The number of hydrogen-bond donors (Lipinski definition) is 0. The molecule has 4 aromatic rings. The average molecular weight is 771 g/mol.